The SMILES string of the molecule is O=C(Nc1ccccc1N(C(=O)C(F)(F)F)c1ccc(Cl)cn1)N1CCNCC1. The number of nitrogens with one attached hydrogen (secondary N) is 2. The van der Waals surface area contributed by atoms with Crippen LogP contribution in [0, 0.1) is 0 Å². The van der Waals surface area contributed by atoms with E-state index in [2.05, 4.69) is 15.6 Å². The van der Waals surface area contributed by atoms with E-state index in [0.717, 1.165) is 6.20 Å². The van der Waals surface area contributed by atoms with Crippen LogP contribution in [0.2, 0.25) is 5.02 Å². The number of halogens is 4. The Morgan fingerprint density at radius 2 is 1.83 bits per heavy atom. The van der Waals surface area contributed by atoms with E-state index in [1.165, 1.54) is 35.2 Å². The Balaban J connectivity index is 1.98. The van der Waals surface area contributed by atoms with Gasteiger partial charge in [-0.15, -0.1) is 0 Å². The first-order valence-corrected chi connectivity index (χ1v) is 9.03. The number of benzene rings is 1. The predicted molar refractivity (Wildman–Crippen MR) is 102 cm³/mol. The summed E-state index contributed by atoms with van der Waals surface area (Å²) in [5.41, 5.74) is -0.112. The van der Waals surface area contributed by atoms with Crippen molar-refractivity contribution < 1.29 is 22.8 Å². The normalized spacial score (nSPS) is 14.4. The van der Waals surface area contributed by atoms with Crippen molar-refractivity contribution in [3.8, 4) is 0 Å². The van der Waals surface area contributed by atoms with Gasteiger partial charge in [-0.2, -0.15) is 13.2 Å². The highest BCUT2D eigenvalue weighted by atomic mass is 35.5. The molecule has 7 nitrogen and oxygen atoms in total. The molecule has 0 saturated carbocycles. The van der Waals surface area contributed by atoms with E-state index >= 15 is 0 Å². The predicted octanol–water partition coefficient (Wildman–Crippen LogP) is 3.40. The van der Waals surface area contributed by atoms with Gasteiger partial charge < -0.3 is 15.5 Å². The Morgan fingerprint density at radius 3 is 2.45 bits per heavy atom. The molecule has 2 aromatic rings. The molecule has 2 N–H and O–H groups in total. The van der Waals surface area contributed by atoms with Crippen LogP contribution < -0.4 is 15.5 Å². The molecule has 0 aliphatic carbocycles. The molecule has 1 aliphatic heterocycles. The lowest BCUT2D eigenvalue weighted by atomic mass is 10.2. The topological polar surface area (TPSA) is 77.6 Å². The number of rotatable bonds is 3. The number of hydrogen-bond acceptors (Lipinski definition) is 4. The highest BCUT2D eigenvalue weighted by Crippen LogP contribution is 2.35. The van der Waals surface area contributed by atoms with Crippen molar-refractivity contribution in [3.05, 3.63) is 47.6 Å². The molecule has 11 heteroatoms. The average molecular weight is 428 g/mol. The minimum atomic E-state index is -5.16. The monoisotopic (exact) mass is 427 g/mol. The molecule has 3 amide bonds. The molecular weight excluding hydrogens is 411 g/mol. The van der Waals surface area contributed by atoms with Crippen molar-refractivity contribution in [2.75, 3.05) is 36.4 Å². The fourth-order valence-electron chi connectivity index (χ4n) is 2.80. The van der Waals surface area contributed by atoms with Crippen molar-refractivity contribution in [2.45, 2.75) is 6.18 Å². The maximum Gasteiger partial charge on any atom is 0.472 e. The molecular formula is C18H17ClF3N5O2. The number of carbonyl (C=O) groups excluding carboxylic acids is 2. The van der Waals surface area contributed by atoms with Crippen molar-refractivity contribution in [1.29, 1.82) is 0 Å². The zero-order valence-electron chi connectivity index (χ0n) is 15.0. The Kier molecular flexibility index (Phi) is 6.23. The molecule has 3 rings (SSSR count). The highest BCUT2D eigenvalue weighted by Gasteiger charge is 2.44. The van der Waals surface area contributed by atoms with E-state index in [-0.39, 0.29) is 22.2 Å². The summed E-state index contributed by atoms with van der Waals surface area (Å²) in [4.78, 5) is 30.5. The van der Waals surface area contributed by atoms with Crippen molar-refractivity contribution in [1.82, 2.24) is 15.2 Å². The molecule has 1 aromatic carbocycles. The second-order valence-corrected chi connectivity index (χ2v) is 6.59. The third-order valence-corrected chi connectivity index (χ3v) is 4.40. The van der Waals surface area contributed by atoms with Gasteiger partial charge in [0.25, 0.3) is 0 Å². The molecule has 1 saturated heterocycles. The van der Waals surface area contributed by atoms with Gasteiger partial charge in [0.15, 0.2) is 0 Å². The zero-order chi connectivity index (χ0) is 21.0. The van der Waals surface area contributed by atoms with E-state index < -0.39 is 18.1 Å². The molecule has 1 aromatic heterocycles. The number of urea groups is 1. The lowest BCUT2D eigenvalue weighted by Gasteiger charge is -2.29. The molecule has 1 aliphatic rings. The van der Waals surface area contributed by atoms with Crippen LogP contribution >= 0.6 is 11.6 Å². The second kappa shape index (κ2) is 8.66. The van der Waals surface area contributed by atoms with Crippen LogP contribution in [0.1, 0.15) is 0 Å². The van der Waals surface area contributed by atoms with Gasteiger partial charge in [-0.05, 0) is 24.3 Å². The molecule has 1 fully saturated rings. The van der Waals surface area contributed by atoms with E-state index in [0.29, 0.717) is 31.1 Å². The fourth-order valence-corrected chi connectivity index (χ4v) is 2.91. The van der Waals surface area contributed by atoms with E-state index in [9.17, 15) is 22.8 Å². The van der Waals surface area contributed by atoms with Gasteiger partial charge in [-0.3, -0.25) is 9.69 Å². The summed E-state index contributed by atoms with van der Waals surface area (Å²) in [5, 5.41) is 5.90. The van der Waals surface area contributed by atoms with E-state index in [4.69, 9.17) is 11.6 Å². The van der Waals surface area contributed by atoms with Crippen LogP contribution in [0.15, 0.2) is 42.6 Å². The van der Waals surface area contributed by atoms with Crippen LogP contribution in [0.25, 0.3) is 0 Å². The number of para-hydroxylation sites is 2. The van der Waals surface area contributed by atoms with Crippen molar-refractivity contribution in [2.24, 2.45) is 0 Å². The molecule has 0 spiro atoms. The van der Waals surface area contributed by atoms with Crippen LogP contribution in [0.5, 0.6) is 0 Å². The largest absolute Gasteiger partial charge is 0.472 e. The van der Waals surface area contributed by atoms with Gasteiger partial charge in [-0.25, -0.2) is 9.78 Å². The molecule has 0 atom stereocenters. The number of pyridine rings is 1. The number of piperazine rings is 1. The van der Waals surface area contributed by atoms with E-state index in [1.807, 2.05) is 0 Å². The number of nitrogens with zero attached hydrogens (tertiary/aromatic N) is 3. The quantitative estimate of drug-likeness (QED) is 0.787. The lowest BCUT2D eigenvalue weighted by molar-refractivity contribution is -0.169. The van der Waals surface area contributed by atoms with Gasteiger partial charge in [0.05, 0.1) is 16.4 Å². The summed E-state index contributed by atoms with van der Waals surface area (Å²) in [7, 11) is 0. The smallest absolute Gasteiger partial charge is 0.322 e. The number of alkyl halides is 3. The fraction of sp³-hybridized carbons (Fsp3) is 0.278. The first-order chi connectivity index (χ1) is 13.8. The van der Waals surface area contributed by atoms with Crippen LogP contribution in [-0.2, 0) is 4.79 Å². The first kappa shape index (κ1) is 20.9. The molecule has 0 bridgehead atoms. The minimum absolute atomic E-state index is 0.0467. The molecule has 0 unspecified atom stereocenters. The lowest BCUT2D eigenvalue weighted by Crippen LogP contribution is -2.48. The number of carbonyl (C=O) groups is 2. The number of hydrogen-bond donors (Lipinski definition) is 2. The standard InChI is InChI=1S/C18H17ClF3N5O2/c19-12-5-6-15(24-11-12)27(16(28)18(20,21)22)14-4-2-1-3-13(14)25-17(29)26-9-7-23-8-10-26/h1-6,11,23H,7-10H2,(H,25,29). The Morgan fingerprint density at radius 1 is 1.14 bits per heavy atom. The van der Waals surface area contributed by atoms with Gasteiger partial charge in [0.1, 0.15) is 5.82 Å². The van der Waals surface area contributed by atoms with E-state index in [1.54, 1.807) is 6.07 Å². The van der Waals surface area contributed by atoms with Gasteiger partial charge in [-0.1, -0.05) is 23.7 Å². The van der Waals surface area contributed by atoms with Crippen LogP contribution in [0.3, 0.4) is 0 Å². The summed E-state index contributed by atoms with van der Waals surface area (Å²) in [6.45, 7) is 2.14. The third-order valence-electron chi connectivity index (χ3n) is 4.18. The van der Waals surface area contributed by atoms with Gasteiger partial charge >= 0.3 is 18.1 Å². The minimum Gasteiger partial charge on any atom is -0.322 e. The van der Waals surface area contributed by atoms with Gasteiger partial charge in [0, 0.05) is 32.4 Å². The maximum absolute atomic E-state index is 13.3. The molecule has 29 heavy (non-hydrogen) atoms. The highest BCUT2D eigenvalue weighted by molar-refractivity contribution is 6.30. The molecule has 154 valence electrons. The van der Waals surface area contributed by atoms with Crippen LogP contribution in [-0.4, -0.2) is 54.2 Å². The Hall–Kier alpha value is -2.85. The van der Waals surface area contributed by atoms with Crippen molar-refractivity contribution >= 4 is 40.7 Å². The van der Waals surface area contributed by atoms with Gasteiger partial charge in [0.2, 0.25) is 0 Å². The Labute approximate surface area is 169 Å². The summed E-state index contributed by atoms with van der Waals surface area (Å²) >= 11 is 5.76. The summed E-state index contributed by atoms with van der Waals surface area (Å²) in [6.07, 6.45) is -4.02. The summed E-state index contributed by atoms with van der Waals surface area (Å²) < 4.78 is 39.9. The molecule has 2 heterocycles. The molecule has 0 radical (unpaired) electrons. The summed E-state index contributed by atoms with van der Waals surface area (Å²) in [5.74, 6) is -2.42. The summed E-state index contributed by atoms with van der Waals surface area (Å²) in [6, 6.07) is 7.77. The first-order valence-electron chi connectivity index (χ1n) is 8.66. The van der Waals surface area contributed by atoms with Crippen molar-refractivity contribution in [3.63, 3.8) is 0 Å². The number of anilines is 3. The number of aromatic nitrogens is 1. The maximum atomic E-state index is 13.3. The second-order valence-electron chi connectivity index (χ2n) is 6.16. The zero-order valence-corrected chi connectivity index (χ0v) is 15.8. The van der Waals surface area contributed by atoms with Crippen LogP contribution in [0.4, 0.5) is 35.2 Å². The average Bonchev–Trinajstić information content (AvgIpc) is 2.70. The third kappa shape index (κ3) is 4.96. The number of amides is 3. The Bertz CT molecular complexity index is 886.